The van der Waals surface area contributed by atoms with Crippen LogP contribution in [0.25, 0.3) is 11.0 Å². The highest BCUT2D eigenvalue weighted by molar-refractivity contribution is 6.00. The van der Waals surface area contributed by atoms with Gasteiger partial charge in [-0.25, -0.2) is 4.79 Å². The lowest BCUT2D eigenvalue weighted by Crippen LogP contribution is -2.17. The third-order valence-corrected chi connectivity index (χ3v) is 5.62. The van der Waals surface area contributed by atoms with Crippen LogP contribution in [0.5, 0.6) is 17.2 Å². The quantitative estimate of drug-likeness (QED) is 0.374. The summed E-state index contributed by atoms with van der Waals surface area (Å²) in [6.45, 7) is 3.59. The molecule has 0 saturated heterocycles. The van der Waals surface area contributed by atoms with Gasteiger partial charge in [0.1, 0.15) is 11.5 Å². The van der Waals surface area contributed by atoms with Crippen LogP contribution in [-0.2, 0) is 6.42 Å². The van der Waals surface area contributed by atoms with Crippen molar-refractivity contribution in [3.8, 4) is 17.2 Å². The largest absolute Gasteiger partial charge is 0.493 e. The van der Waals surface area contributed by atoms with E-state index >= 15 is 0 Å². The number of benzene rings is 2. The molecule has 0 fully saturated rings. The summed E-state index contributed by atoms with van der Waals surface area (Å²) >= 11 is 0. The predicted octanol–water partition coefficient (Wildman–Crippen LogP) is 5.68. The highest BCUT2D eigenvalue weighted by Gasteiger charge is 2.23. The molecular weight excluding hydrogens is 424 g/mol. The van der Waals surface area contributed by atoms with E-state index in [0.29, 0.717) is 54.3 Å². The molecule has 174 valence electrons. The van der Waals surface area contributed by atoms with Gasteiger partial charge in [-0.1, -0.05) is 25.5 Å². The van der Waals surface area contributed by atoms with Gasteiger partial charge in [-0.3, -0.25) is 4.79 Å². The van der Waals surface area contributed by atoms with Crippen LogP contribution in [0.15, 0.2) is 40.8 Å². The van der Waals surface area contributed by atoms with Crippen molar-refractivity contribution in [3.05, 3.63) is 53.3 Å². The van der Waals surface area contributed by atoms with Crippen molar-refractivity contribution < 1.29 is 33.3 Å². The van der Waals surface area contributed by atoms with E-state index in [9.17, 15) is 9.59 Å². The minimum absolute atomic E-state index is 0.0995. The standard InChI is InChI=1S/C26H28O7/c1-2-7-19-21(11-10-18-20(27)12-15-32-25(18)19)30-13-4-3-5-14-31-22-9-6-8-17-16-23(26(28)29)33-24(17)22/h6,8-11,16H,2-5,7,12-15H2,1H3,(H,28,29). The summed E-state index contributed by atoms with van der Waals surface area (Å²) in [5.74, 6) is 0.958. The van der Waals surface area contributed by atoms with Gasteiger partial charge in [-0.2, -0.15) is 0 Å². The lowest BCUT2D eigenvalue weighted by Gasteiger charge is -2.22. The van der Waals surface area contributed by atoms with Crippen molar-refractivity contribution in [1.82, 2.24) is 0 Å². The molecule has 0 aliphatic carbocycles. The maximum absolute atomic E-state index is 12.2. The van der Waals surface area contributed by atoms with Gasteiger partial charge in [0.15, 0.2) is 17.1 Å². The third-order valence-electron chi connectivity index (χ3n) is 5.62. The van der Waals surface area contributed by atoms with E-state index in [1.54, 1.807) is 12.1 Å². The molecule has 2 heterocycles. The smallest absolute Gasteiger partial charge is 0.371 e. The molecule has 0 radical (unpaired) electrons. The van der Waals surface area contributed by atoms with Crippen LogP contribution in [0.4, 0.5) is 0 Å². The van der Waals surface area contributed by atoms with Gasteiger partial charge >= 0.3 is 5.97 Å². The number of carbonyl (C=O) groups is 2. The third kappa shape index (κ3) is 5.13. The molecule has 4 rings (SSSR count). The molecule has 33 heavy (non-hydrogen) atoms. The van der Waals surface area contributed by atoms with Crippen LogP contribution in [-0.4, -0.2) is 36.7 Å². The van der Waals surface area contributed by atoms with Crippen molar-refractivity contribution >= 4 is 22.7 Å². The molecular formula is C26H28O7. The average molecular weight is 453 g/mol. The molecule has 7 heteroatoms. The Balaban J connectivity index is 1.26. The number of para-hydroxylation sites is 1. The molecule has 2 aromatic carbocycles. The van der Waals surface area contributed by atoms with Crippen molar-refractivity contribution in [1.29, 1.82) is 0 Å². The summed E-state index contributed by atoms with van der Waals surface area (Å²) < 4.78 is 23.1. The second kappa shape index (κ2) is 10.4. The number of furan rings is 1. The Morgan fingerprint density at radius 2 is 1.85 bits per heavy atom. The van der Waals surface area contributed by atoms with E-state index < -0.39 is 5.97 Å². The maximum atomic E-state index is 12.2. The van der Waals surface area contributed by atoms with E-state index in [0.717, 1.165) is 43.4 Å². The Kier molecular flexibility index (Phi) is 7.17. The van der Waals surface area contributed by atoms with E-state index in [1.807, 2.05) is 18.2 Å². The highest BCUT2D eigenvalue weighted by atomic mass is 16.5. The summed E-state index contributed by atoms with van der Waals surface area (Å²) in [6.07, 6.45) is 4.78. The van der Waals surface area contributed by atoms with Gasteiger partial charge in [0.05, 0.1) is 25.4 Å². The Hall–Kier alpha value is -3.48. The monoisotopic (exact) mass is 452 g/mol. The number of rotatable bonds is 11. The average Bonchev–Trinajstić information content (AvgIpc) is 3.25. The molecule has 0 amide bonds. The van der Waals surface area contributed by atoms with Crippen molar-refractivity contribution in [2.24, 2.45) is 0 Å². The number of unbranched alkanes of at least 4 members (excludes halogenated alkanes) is 2. The maximum Gasteiger partial charge on any atom is 0.371 e. The minimum atomic E-state index is -1.10. The van der Waals surface area contributed by atoms with Gasteiger partial charge in [0.2, 0.25) is 5.76 Å². The molecule has 0 bridgehead atoms. The molecule has 3 aromatic rings. The van der Waals surface area contributed by atoms with Gasteiger partial charge < -0.3 is 23.7 Å². The second-order valence-electron chi connectivity index (χ2n) is 8.04. The number of fused-ring (bicyclic) bond motifs is 2. The molecule has 0 saturated carbocycles. The van der Waals surface area contributed by atoms with Gasteiger partial charge in [-0.15, -0.1) is 0 Å². The lowest BCUT2D eigenvalue weighted by molar-refractivity contribution is 0.0664. The molecule has 1 aliphatic heterocycles. The fourth-order valence-corrected chi connectivity index (χ4v) is 4.00. The van der Waals surface area contributed by atoms with Gasteiger partial charge in [0.25, 0.3) is 0 Å². The van der Waals surface area contributed by atoms with E-state index in [2.05, 4.69) is 6.92 Å². The predicted molar refractivity (Wildman–Crippen MR) is 123 cm³/mol. The summed E-state index contributed by atoms with van der Waals surface area (Å²) in [7, 11) is 0. The van der Waals surface area contributed by atoms with Crippen LogP contribution in [0.3, 0.4) is 0 Å². The number of carbonyl (C=O) groups excluding carboxylic acids is 1. The number of hydrogen-bond acceptors (Lipinski definition) is 6. The first-order chi connectivity index (χ1) is 16.1. The Morgan fingerprint density at radius 3 is 2.61 bits per heavy atom. The number of carboxylic acid groups (broad SMARTS) is 1. The number of hydrogen-bond donors (Lipinski definition) is 1. The molecule has 7 nitrogen and oxygen atoms in total. The first-order valence-corrected chi connectivity index (χ1v) is 11.4. The van der Waals surface area contributed by atoms with Crippen molar-refractivity contribution in [2.45, 2.75) is 45.4 Å². The zero-order chi connectivity index (χ0) is 23.2. The normalized spacial score (nSPS) is 12.9. The van der Waals surface area contributed by atoms with Gasteiger partial charge in [-0.05, 0) is 49.9 Å². The fourth-order valence-electron chi connectivity index (χ4n) is 4.00. The molecule has 1 N–H and O–H groups in total. The van der Waals surface area contributed by atoms with Crippen LogP contribution >= 0.6 is 0 Å². The minimum Gasteiger partial charge on any atom is -0.493 e. The second-order valence-corrected chi connectivity index (χ2v) is 8.04. The molecule has 0 spiro atoms. The number of Topliss-reactive ketones (excluding diaryl/α,β-unsaturated/α-hetero) is 1. The van der Waals surface area contributed by atoms with Crippen LogP contribution < -0.4 is 14.2 Å². The van der Waals surface area contributed by atoms with E-state index in [-0.39, 0.29) is 11.5 Å². The first-order valence-electron chi connectivity index (χ1n) is 11.4. The lowest BCUT2D eigenvalue weighted by atomic mass is 9.98. The summed E-state index contributed by atoms with van der Waals surface area (Å²) in [5.41, 5.74) is 2.10. The van der Waals surface area contributed by atoms with Crippen LogP contribution in [0.2, 0.25) is 0 Å². The Bertz CT molecular complexity index is 1140. The van der Waals surface area contributed by atoms with Crippen molar-refractivity contribution in [2.75, 3.05) is 19.8 Å². The summed E-state index contributed by atoms with van der Waals surface area (Å²) in [6, 6.07) is 10.6. The SMILES string of the molecule is CCCc1c(OCCCCCOc2cccc3cc(C(=O)O)oc23)ccc2c1OCCC2=O. The van der Waals surface area contributed by atoms with Crippen LogP contribution in [0, 0.1) is 0 Å². The number of ether oxygens (including phenoxy) is 3. The molecule has 0 unspecified atom stereocenters. The summed E-state index contributed by atoms with van der Waals surface area (Å²) in [5, 5.41) is 9.81. The molecule has 0 atom stereocenters. The van der Waals surface area contributed by atoms with E-state index in [1.165, 1.54) is 6.07 Å². The molecule has 1 aliphatic rings. The number of ketones is 1. The zero-order valence-corrected chi connectivity index (χ0v) is 18.7. The topological polar surface area (TPSA) is 95.2 Å². The number of carboxylic acids is 1. The van der Waals surface area contributed by atoms with Crippen LogP contribution in [0.1, 0.15) is 65.5 Å². The van der Waals surface area contributed by atoms with E-state index in [4.69, 9.17) is 23.7 Å². The Labute approximate surface area is 192 Å². The zero-order valence-electron chi connectivity index (χ0n) is 18.7. The first kappa shape index (κ1) is 22.7. The van der Waals surface area contributed by atoms with Gasteiger partial charge in [0, 0.05) is 17.4 Å². The fraction of sp³-hybridized carbons (Fsp3) is 0.385. The number of aromatic carboxylic acids is 1. The van der Waals surface area contributed by atoms with Crippen molar-refractivity contribution in [3.63, 3.8) is 0 Å². The highest BCUT2D eigenvalue weighted by Crippen LogP contribution is 2.36. The molecule has 1 aromatic heterocycles. The Morgan fingerprint density at radius 1 is 1.06 bits per heavy atom. The summed E-state index contributed by atoms with van der Waals surface area (Å²) in [4.78, 5) is 23.3.